The Morgan fingerprint density at radius 2 is 1.88 bits per heavy atom. The Morgan fingerprint density at radius 3 is 2.41 bits per heavy atom. The van der Waals surface area contributed by atoms with Crippen molar-refractivity contribution in [1.82, 2.24) is 10.6 Å². The second-order valence-electron chi connectivity index (χ2n) is 3.49. The summed E-state index contributed by atoms with van der Waals surface area (Å²) < 4.78 is 0. The van der Waals surface area contributed by atoms with Crippen LogP contribution in [0.25, 0.3) is 0 Å². The van der Waals surface area contributed by atoms with Gasteiger partial charge in [-0.15, -0.1) is 0 Å². The molecule has 0 aromatic heterocycles. The molecule has 92 valence electrons. The highest BCUT2D eigenvalue weighted by atomic mass is 32.2. The molecule has 0 heterocycles. The van der Waals surface area contributed by atoms with E-state index in [1.54, 1.807) is 19.2 Å². The largest absolute Gasteiger partial charge is 0.355 e. The van der Waals surface area contributed by atoms with Crippen LogP contribution in [-0.2, 0) is 11.3 Å². The zero-order valence-corrected chi connectivity index (χ0v) is 10.8. The summed E-state index contributed by atoms with van der Waals surface area (Å²) in [5.41, 5.74) is 1.60. The van der Waals surface area contributed by atoms with Crippen LogP contribution in [0.3, 0.4) is 0 Å². The number of rotatable bonds is 5. The lowest BCUT2D eigenvalue weighted by atomic mass is 10.1. The van der Waals surface area contributed by atoms with Gasteiger partial charge in [0, 0.05) is 19.2 Å². The van der Waals surface area contributed by atoms with Crippen LogP contribution >= 0.6 is 11.8 Å². The van der Waals surface area contributed by atoms with E-state index in [0.29, 0.717) is 17.9 Å². The first-order valence-corrected chi connectivity index (χ1v) is 6.63. The summed E-state index contributed by atoms with van der Waals surface area (Å²) in [5, 5.41) is 5.36. The number of benzene rings is 1. The second kappa shape index (κ2) is 6.96. The average molecular weight is 252 g/mol. The van der Waals surface area contributed by atoms with Crippen LogP contribution in [0.1, 0.15) is 15.9 Å². The Hall–Kier alpha value is -1.49. The first-order chi connectivity index (χ1) is 8.17. The predicted octanol–water partition coefficient (Wildman–Crippen LogP) is 1.03. The summed E-state index contributed by atoms with van der Waals surface area (Å²) in [6, 6.07) is 7.16. The fraction of sp³-hybridized carbons (Fsp3) is 0.333. The molecule has 0 aliphatic heterocycles. The molecule has 0 aliphatic rings. The molecule has 4 nitrogen and oxygen atoms in total. The van der Waals surface area contributed by atoms with E-state index in [-0.39, 0.29) is 11.8 Å². The molecule has 0 unspecified atom stereocenters. The van der Waals surface area contributed by atoms with Gasteiger partial charge in [0.2, 0.25) is 5.91 Å². The summed E-state index contributed by atoms with van der Waals surface area (Å²) in [6.07, 6.45) is 1.89. The molecule has 0 saturated heterocycles. The Kier molecular flexibility index (Phi) is 5.56. The highest BCUT2D eigenvalue weighted by Gasteiger charge is 2.03. The molecule has 0 spiro atoms. The molecular formula is C12H16N2O2S. The molecule has 17 heavy (non-hydrogen) atoms. The van der Waals surface area contributed by atoms with Crippen LogP contribution in [0.2, 0.25) is 0 Å². The monoisotopic (exact) mass is 252 g/mol. The molecule has 2 amide bonds. The van der Waals surface area contributed by atoms with Crippen LogP contribution in [0, 0.1) is 0 Å². The van der Waals surface area contributed by atoms with Crippen molar-refractivity contribution in [3.63, 3.8) is 0 Å². The molecule has 2 N–H and O–H groups in total. The van der Waals surface area contributed by atoms with Crippen LogP contribution < -0.4 is 10.6 Å². The number of carbonyl (C=O) groups excluding carboxylic acids is 2. The van der Waals surface area contributed by atoms with E-state index in [2.05, 4.69) is 10.6 Å². The van der Waals surface area contributed by atoms with Crippen molar-refractivity contribution in [2.24, 2.45) is 0 Å². The molecule has 1 rings (SSSR count). The Labute approximate surface area is 105 Å². The van der Waals surface area contributed by atoms with Crippen LogP contribution in [0.15, 0.2) is 24.3 Å². The molecule has 0 radical (unpaired) electrons. The number of hydrogen-bond donors (Lipinski definition) is 2. The fourth-order valence-electron chi connectivity index (χ4n) is 1.30. The molecule has 5 heteroatoms. The van der Waals surface area contributed by atoms with Crippen molar-refractivity contribution < 1.29 is 9.59 Å². The quantitative estimate of drug-likeness (QED) is 0.823. The van der Waals surface area contributed by atoms with E-state index in [1.165, 1.54) is 11.8 Å². The van der Waals surface area contributed by atoms with Gasteiger partial charge in [-0.05, 0) is 24.0 Å². The zero-order valence-electron chi connectivity index (χ0n) is 9.95. The topological polar surface area (TPSA) is 58.2 Å². The summed E-state index contributed by atoms with van der Waals surface area (Å²) in [4.78, 5) is 22.5. The van der Waals surface area contributed by atoms with Gasteiger partial charge in [-0.1, -0.05) is 12.1 Å². The van der Waals surface area contributed by atoms with Crippen LogP contribution in [0.5, 0.6) is 0 Å². The maximum atomic E-state index is 11.3. The van der Waals surface area contributed by atoms with Crippen molar-refractivity contribution in [2.45, 2.75) is 6.54 Å². The van der Waals surface area contributed by atoms with Crippen LogP contribution in [-0.4, -0.2) is 30.9 Å². The van der Waals surface area contributed by atoms with Gasteiger partial charge in [0.15, 0.2) is 0 Å². The Bertz CT molecular complexity index is 390. The average Bonchev–Trinajstić information content (AvgIpc) is 2.36. The lowest BCUT2D eigenvalue weighted by molar-refractivity contribution is -0.118. The van der Waals surface area contributed by atoms with E-state index < -0.39 is 0 Å². The minimum absolute atomic E-state index is 0.0212. The summed E-state index contributed by atoms with van der Waals surface area (Å²) in [5.74, 6) is 0.381. The highest BCUT2D eigenvalue weighted by molar-refractivity contribution is 7.99. The van der Waals surface area contributed by atoms with Crippen molar-refractivity contribution in [1.29, 1.82) is 0 Å². The van der Waals surface area contributed by atoms with Crippen molar-refractivity contribution >= 4 is 23.6 Å². The lowest BCUT2D eigenvalue weighted by Crippen LogP contribution is -2.24. The minimum atomic E-state index is -0.108. The first kappa shape index (κ1) is 13.6. The smallest absolute Gasteiger partial charge is 0.251 e. The van der Waals surface area contributed by atoms with Crippen molar-refractivity contribution in [2.75, 3.05) is 19.1 Å². The van der Waals surface area contributed by atoms with E-state index in [4.69, 9.17) is 0 Å². The number of carbonyl (C=O) groups is 2. The number of thioether (sulfide) groups is 1. The molecule has 1 aromatic carbocycles. The predicted molar refractivity (Wildman–Crippen MR) is 70.1 cm³/mol. The van der Waals surface area contributed by atoms with Gasteiger partial charge >= 0.3 is 0 Å². The first-order valence-electron chi connectivity index (χ1n) is 5.24. The maximum Gasteiger partial charge on any atom is 0.251 e. The normalized spacial score (nSPS) is 9.76. The van der Waals surface area contributed by atoms with Crippen molar-refractivity contribution in [3.05, 3.63) is 35.4 Å². The van der Waals surface area contributed by atoms with E-state index in [9.17, 15) is 9.59 Å². The lowest BCUT2D eigenvalue weighted by Gasteiger charge is -2.05. The molecular weight excluding hydrogens is 236 g/mol. The molecule has 0 aliphatic carbocycles. The molecule has 0 atom stereocenters. The van der Waals surface area contributed by atoms with Gasteiger partial charge in [0.05, 0.1) is 5.75 Å². The molecule has 0 fully saturated rings. The summed E-state index contributed by atoms with van der Waals surface area (Å²) in [6.45, 7) is 0.493. The van der Waals surface area contributed by atoms with Crippen LogP contribution in [0.4, 0.5) is 0 Å². The molecule has 0 saturated carbocycles. The van der Waals surface area contributed by atoms with Gasteiger partial charge in [-0.25, -0.2) is 0 Å². The summed E-state index contributed by atoms with van der Waals surface area (Å²) in [7, 11) is 1.60. The van der Waals surface area contributed by atoms with Crippen molar-refractivity contribution in [3.8, 4) is 0 Å². The number of hydrogen-bond acceptors (Lipinski definition) is 3. The Balaban J connectivity index is 2.51. The van der Waals surface area contributed by atoms with Gasteiger partial charge in [0.25, 0.3) is 5.91 Å². The van der Waals surface area contributed by atoms with Gasteiger partial charge in [-0.2, -0.15) is 11.8 Å². The van der Waals surface area contributed by atoms with E-state index >= 15 is 0 Å². The van der Waals surface area contributed by atoms with E-state index in [0.717, 1.165) is 5.56 Å². The third-order valence-electron chi connectivity index (χ3n) is 2.21. The Morgan fingerprint density at radius 1 is 1.24 bits per heavy atom. The standard InChI is InChI=1S/C12H16N2O2S/c1-13-12(16)10-5-3-9(4-6-10)7-14-11(15)8-17-2/h3-6H,7-8H2,1-2H3,(H,13,16)(H,14,15). The number of nitrogens with one attached hydrogen (secondary N) is 2. The summed E-state index contributed by atoms with van der Waals surface area (Å²) >= 11 is 1.49. The minimum Gasteiger partial charge on any atom is -0.355 e. The second-order valence-corrected chi connectivity index (χ2v) is 4.35. The highest BCUT2D eigenvalue weighted by Crippen LogP contribution is 2.04. The third-order valence-corrected chi connectivity index (χ3v) is 2.76. The van der Waals surface area contributed by atoms with Gasteiger partial charge in [-0.3, -0.25) is 9.59 Å². The SMILES string of the molecule is CNC(=O)c1ccc(CNC(=O)CSC)cc1. The molecule has 0 bridgehead atoms. The maximum absolute atomic E-state index is 11.3. The van der Waals surface area contributed by atoms with E-state index in [1.807, 2.05) is 18.4 Å². The molecule has 1 aromatic rings. The zero-order chi connectivity index (χ0) is 12.7. The fourth-order valence-corrected chi connectivity index (χ4v) is 1.67. The van der Waals surface area contributed by atoms with Gasteiger partial charge < -0.3 is 10.6 Å². The third kappa shape index (κ3) is 4.48. The van der Waals surface area contributed by atoms with Gasteiger partial charge in [0.1, 0.15) is 0 Å². The number of amides is 2.